The molecule has 0 aromatic heterocycles. The summed E-state index contributed by atoms with van der Waals surface area (Å²) in [6.45, 7) is 1.66. The highest BCUT2D eigenvalue weighted by Gasteiger charge is 2.19. The Morgan fingerprint density at radius 1 is 0.909 bits per heavy atom. The molecule has 3 aromatic rings. The average Bonchev–Trinajstić information content (AvgIpc) is 3.22. The fourth-order valence-corrected chi connectivity index (χ4v) is 4.97. The van der Waals surface area contributed by atoms with Crippen LogP contribution in [-0.2, 0) is 6.42 Å². The molecule has 1 aliphatic carbocycles. The number of rotatable bonds is 7. The first-order valence-electron chi connectivity index (χ1n) is 11.8. The van der Waals surface area contributed by atoms with Crippen LogP contribution in [0.2, 0.25) is 0 Å². The predicted molar refractivity (Wildman–Crippen MR) is 139 cm³/mol. The van der Waals surface area contributed by atoms with Gasteiger partial charge in [0.05, 0.1) is 0 Å². The SMILES string of the molecule is Cl.O=C(NCCCCC1CC(c2ccccc2)=CCN1)c1ccc2c(c1)Cc1ccccc1-2. The molecule has 33 heavy (non-hydrogen) atoms. The van der Waals surface area contributed by atoms with E-state index in [1.807, 2.05) is 6.07 Å². The first kappa shape index (κ1) is 23.3. The van der Waals surface area contributed by atoms with Gasteiger partial charge in [0.1, 0.15) is 0 Å². The number of amides is 1. The largest absolute Gasteiger partial charge is 0.352 e. The van der Waals surface area contributed by atoms with Crippen molar-refractivity contribution in [3.63, 3.8) is 0 Å². The maximum atomic E-state index is 12.7. The number of unbranched alkanes of at least 4 members (excludes halogenated alkanes) is 1. The summed E-state index contributed by atoms with van der Waals surface area (Å²) in [7, 11) is 0. The summed E-state index contributed by atoms with van der Waals surface area (Å²) in [5.74, 6) is 0.0360. The monoisotopic (exact) mass is 458 g/mol. The van der Waals surface area contributed by atoms with Gasteiger partial charge in [-0.2, -0.15) is 0 Å². The third-order valence-electron chi connectivity index (χ3n) is 6.69. The Hall–Kier alpha value is -2.88. The highest BCUT2D eigenvalue weighted by molar-refractivity contribution is 5.95. The molecule has 1 heterocycles. The second-order valence-electron chi connectivity index (χ2n) is 8.86. The summed E-state index contributed by atoms with van der Waals surface area (Å²) in [4.78, 5) is 12.7. The zero-order valence-corrected chi connectivity index (χ0v) is 19.7. The molecule has 2 N–H and O–H groups in total. The second-order valence-corrected chi connectivity index (χ2v) is 8.86. The number of benzene rings is 3. The molecule has 3 nitrogen and oxygen atoms in total. The van der Waals surface area contributed by atoms with E-state index in [1.165, 1.54) is 33.4 Å². The molecule has 170 valence electrons. The van der Waals surface area contributed by atoms with E-state index in [2.05, 4.69) is 83.4 Å². The summed E-state index contributed by atoms with van der Waals surface area (Å²) in [5, 5.41) is 6.72. The normalized spacial score (nSPS) is 16.2. The number of hydrogen-bond acceptors (Lipinski definition) is 2. The molecule has 0 bridgehead atoms. The van der Waals surface area contributed by atoms with Crippen LogP contribution >= 0.6 is 12.4 Å². The summed E-state index contributed by atoms with van der Waals surface area (Å²) >= 11 is 0. The van der Waals surface area contributed by atoms with Gasteiger partial charge in [-0.15, -0.1) is 12.4 Å². The van der Waals surface area contributed by atoms with Gasteiger partial charge in [-0.3, -0.25) is 4.79 Å². The third kappa shape index (κ3) is 5.38. The van der Waals surface area contributed by atoms with Crippen molar-refractivity contribution in [1.82, 2.24) is 10.6 Å². The van der Waals surface area contributed by atoms with E-state index in [0.717, 1.165) is 50.8 Å². The zero-order chi connectivity index (χ0) is 21.8. The highest BCUT2D eigenvalue weighted by atomic mass is 35.5. The van der Waals surface area contributed by atoms with Gasteiger partial charge in [-0.1, -0.05) is 73.2 Å². The highest BCUT2D eigenvalue weighted by Crippen LogP contribution is 2.36. The van der Waals surface area contributed by atoms with Crippen molar-refractivity contribution in [2.75, 3.05) is 13.1 Å². The fourth-order valence-electron chi connectivity index (χ4n) is 4.97. The van der Waals surface area contributed by atoms with Crippen LogP contribution in [0, 0.1) is 0 Å². The van der Waals surface area contributed by atoms with E-state index in [4.69, 9.17) is 0 Å². The van der Waals surface area contributed by atoms with Crippen molar-refractivity contribution < 1.29 is 4.79 Å². The van der Waals surface area contributed by atoms with Gasteiger partial charge in [0, 0.05) is 24.7 Å². The summed E-state index contributed by atoms with van der Waals surface area (Å²) < 4.78 is 0. The van der Waals surface area contributed by atoms with Crippen molar-refractivity contribution in [3.8, 4) is 11.1 Å². The number of hydrogen-bond donors (Lipinski definition) is 2. The zero-order valence-electron chi connectivity index (χ0n) is 18.8. The number of halogens is 1. The van der Waals surface area contributed by atoms with E-state index in [9.17, 15) is 4.79 Å². The van der Waals surface area contributed by atoms with E-state index in [1.54, 1.807) is 0 Å². The van der Waals surface area contributed by atoms with Crippen molar-refractivity contribution in [2.45, 2.75) is 38.1 Å². The lowest BCUT2D eigenvalue weighted by molar-refractivity contribution is 0.0953. The second kappa shape index (κ2) is 10.8. The first-order valence-corrected chi connectivity index (χ1v) is 11.8. The Labute approximate surface area is 202 Å². The number of carbonyl (C=O) groups excluding carboxylic acids is 1. The molecule has 5 rings (SSSR count). The summed E-state index contributed by atoms with van der Waals surface area (Å²) in [6.07, 6.45) is 7.55. The maximum Gasteiger partial charge on any atom is 0.251 e. The van der Waals surface area contributed by atoms with Crippen molar-refractivity contribution in [2.24, 2.45) is 0 Å². The standard InChI is InChI=1S/C29H30N2O.ClH/c32-29(24-13-14-28-25(19-24)18-23-10-4-5-12-27(23)28)31-16-7-6-11-26-20-22(15-17-30-26)21-8-2-1-3-9-21;/h1-5,8-10,12-15,19,26,30H,6-7,11,16-18,20H2,(H,31,32);1H. The molecule has 0 radical (unpaired) electrons. The minimum atomic E-state index is 0. The molecule has 0 spiro atoms. The van der Waals surface area contributed by atoms with Crippen LogP contribution in [0.1, 0.15) is 52.7 Å². The quantitative estimate of drug-likeness (QED) is 0.332. The minimum absolute atomic E-state index is 0. The van der Waals surface area contributed by atoms with Gasteiger partial charge >= 0.3 is 0 Å². The molecule has 0 saturated heterocycles. The van der Waals surface area contributed by atoms with Crippen LogP contribution in [0.5, 0.6) is 0 Å². The smallest absolute Gasteiger partial charge is 0.251 e. The number of carbonyl (C=O) groups is 1. The molecule has 4 heteroatoms. The van der Waals surface area contributed by atoms with E-state index >= 15 is 0 Å². The lowest BCUT2D eigenvalue weighted by Crippen LogP contribution is -2.33. The fraction of sp³-hybridized carbons (Fsp3) is 0.276. The van der Waals surface area contributed by atoms with Gasteiger partial charge in [0.25, 0.3) is 5.91 Å². The van der Waals surface area contributed by atoms with Crippen LogP contribution in [0.4, 0.5) is 0 Å². The lowest BCUT2D eigenvalue weighted by Gasteiger charge is -2.24. The summed E-state index contributed by atoms with van der Waals surface area (Å²) in [6, 6.07) is 25.8. The molecular formula is C29H31ClN2O. The Morgan fingerprint density at radius 2 is 1.70 bits per heavy atom. The van der Waals surface area contributed by atoms with Crippen molar-refractivity contribution in [1.29, 1.82) is 0 Å². The van der Waals surface area contributed by atoms with Gasteiger partial charge in [-0.05, 0) is 71.2 Å². The average molecular weight is 459 g/mol. The molecule has 0 fully saturated rings. The lowest BCUT2D eigenvalue weighted by atomic mass is 9.93. The molecular weight excluding hydrogens is 428 g/mol. The summed E-state index contributed by atoms with van der Waals surface area (Å²) in [5.41, 5.74) is 8.72. The Kier molecular flexibility index (Phi) is 7.64. The van der Waals surface area contributed by atoms with Gasteiger partial charge in [0.15, 0.2) is 0 Å². The van der Waals surface area contributed by atoms with E-state index in [0.29, 0.717) is 6.04 Å². The van der Waals surface area contributed by atoms with Crippen LogP contribution < -0.4 is 10.6 Å². The van der Waals surface area contributed by atoms with Gasteiger partial charge in [0.2, 0.25) is 0 Å². The molecule has 1 aliphatic heterocycles. The topological polar surface area (TPSA) is 41.1 Å². The first-order chi connectivity index (χ1) is 15.8. The van der Waals surface area contributed by atoms with Crippen LogP contribution in [0.15, 0.2) is 78.9 Å². The van der Waals surface area contributed by atoms with E-state index in [-0.39, 0.29) is 18.3 Å². The number of nitrogens with one attached hydrogen (secondary N) is 2. The van der Waals surface area contributed by atoms with Crippen LogP contribution in [-0.4, -0.2) is 25.0 Å². The number of fused-ring (bicyclic) bond motifs is 3. The maximum absolute atomic E-state index is 12.7. The molecule has 1 unspecified atom stereocenters. The van der Waals surface area contributed by atoms with E-state index < -0.39 is 0 Å². The third-order valence-corrected chi connectivity index (χ3v) is 6.69. The van der Waals surface area contributed by atoms with Crippen LogP contribution in [0.3, 0.4) is 0 Å². The minimum Gasteiger partial charge on any atom is -0.352 e. The molecule has 2 aliphatic rings. The van der Waals surface area contributed by atoms with Crippen molar-refractivity contribution in [3.05, 3.63) is 101 Å². The van der Waals surface area contributed by atoms with Crippen LogP contribution in [0.25, 0.3) is 16.7 Å². The molecule has 0 saturated carbocycles. The Morgan fingerprint density at radius 3 is 2.58 bits per heavy atom. The Balaban J connectivity index is 0.00000259. The Bertz CT molecular complexity index is 1140. The predicted octanol–water partition coefficient (Wildman–Crippen LogP) is 6.03. The molecule has 1 amide bonds. The van der Waals surface area contributed by atoms with Gasteiger partial charge in [-0.25, -0.2) is 0 Å². The molecule has 3 aromatic carbocycles. The molecule has 1 atom stereocenters. The van der Waals surface area contributed by atoms with Gasteiger partial charge < -0.3 is 10.6 Å². The van der Waals surface area contributed by atoms with Crippen molar-refractivity contribution >= 4 is 23.9 Å².